The molecule has 3 rings (SSSR count). The van der Waals surface area contributed by atoms with Gasteiger partial charge in [0.25, 0.3) is 5.91 Å². The van der Waals surface area contributed by atoms with Crippen LogP contribution in [0.5, 0.6) is 5.75 Å². The molecule has 0 aliphatic rings. The fraction of sp³-hybridized carbons (Fsp3) is 0.130. The number of anilines is 1. The molecular formula is C23H19F2NO4. The number of halogens is 2. The second-order valence-corrected chi connectivity index (χ2v) is 6.35. The molecule has 154 valence electrons. The van der Waals surface area contributed by atoms with Crippen molar-refractivity contribution in [1.82, 2.24) is 0 Å². The SMILES string of the molecule is O=C(COC(=O)c1ccccc1Cc1ccccc1)Nc1ccc(OC(F)F)cc1. The molecule has 0 atom stereocenters. The molecular weight excluding hydrogens is 392 g/mol. The number of alkyl halides is 2. The molecule has 0 saturated heterocycles. The molecule has 0 aliphatic heterocycles. The first-order chi connectivity index (χ1) is 14.5. The number of carbonyl (C=O) groups is 2. The van der Waals surface area contributed by atoms with Gasteiger partial charge in [0.05, 0.1) is 5.56 Å². The molecule has 0 fully saturated rings. The van der Waals surface area contributed by atoms with Gasteiger partial charge in [0, 0.05) is 5.69 Å². The van der Waals surface area contributed by atoms with Crippen LogP contribution in [-0.2, 0) is 16.0 Å². The van der Waals surface area contributed by atoms with Crippen LogP contribution < -0.4 is 10.1 Å². The number of rotatable bonds is 8. The predicted molar refractivity (Wildman–Crippen MR) is 108 cm³/mol. The van der Waals surface area contributed by atoms with Crippen LogP contribution >= 0.6 is 0 Å². The van der Waals surface area contributed by atoms with Crippen molar-refractivity contribution in [1.29, 1.82) is 0 Å². The van der Waals surface area contributed by atoms with Gasteiger partial charge < -0.3 is 14.8 Å². The van der Waals surface area contributed by atoms with E-state index in [1.165, 1.54) is 24.3 Å². The maximum Gasteiger partial charge on any atom is 0.387 e. The molecule has 0 spiro atoms. The number of carbonyl (C=O) groups excluding carboxylic acids is 2. The van der Waals surface area contributed by atoms with Crippen LogP contribution in [0, 0.1) is 0 Å². The molecule has 1 N–H and O–H groups in total. The number of benzene rings is 3. The fourth-order valence-electron chi connectivity index (χ4n) is 2.81. The molecule has 0 radical (unpaired) electrons. The van der Waals surface area contributed by atoms with Crippen molar-refractivity contribution in [3.63, 3.8) is 0 Å². The molecule has 0 heterocycles. The van der Waals surface area contributed by atoms with Crippen LogP contribution in [0.15, 0.2) is 78.9 Å². The first kappa shape index (κ1) is 21.0. The van der Waals surface area contributed by atoms with E-state index in [-0.39, 0.29) is 5.75 Å². The minimum atomic E-state index is -2.92. The molecule has 30 heavy (non-hydrogen) atoms. The zero-order valence-corrected chi connectivity index (χ0v) is 15.9. The van der Waals surface area contributed by atoms with Crippen LogP contribution in [0.25, 0.3) is 0 Å². The van der Waals surface area contributed by atoms with E-state index in [1.807, 2.05) is 42.5 Å². The lowest BCUT2D eigenvalue weighted by Crippen LogP contribution is -2.21. The molecule has 0 unspecified atom stereocenters. The first-order valence-electron chi connectivity index (χ1n) is 9.15. The van der Waals surface area contributed by atoms with E-state index < -0.39 is 25.1 Å². The van der Waals surface area contributed by atoms with Gasteiger partial charge in [-0.25, -0.2) is 4.79 Å². The maximum atomic E-state index is 12.5. The minimum Gasteiger partial charge on any atom is -0.452 e. The highest BCUT2D eigenvalue weighted by Crippen LogP contribution is 2.18. The Kier molecular flexibility index (Phi) is 7.10. The molecule has 0 aromatic heterocycles. The number of hydrogen-bond donors (Lipinski definition) is 1. The van der Waals surface area contributed by atoms with Gasteiger partial charge in [-0.05, 0) is 47.9 Å². The molecule has 0 bridgehead atoms. The Labute approximate surface area is 172 Å². The van der Waals surface area contributed by atoms with Crippen molar-refractivity contribution in [2.75, 3.05) is 11.9 Å². The Balaban J connectivity index is 1.56. The summed E-state index contributed by atoms with van der Waals surface area (Å²) in [6.45, 7) is -3.40. The smallest absolute Gasteiger partial charge is 0.387 e. The van der Waals surface area contributed by atoms with Crippen molar-refractivity contribution in [3.8, 4) is 5.75 Å². The summed E-state index contributed by atoms with van der Waals surface area (Å²) < 4.78 is 33.7. The van der Waals surface area contributed by atoms with E-state index in [9.17, 15) is 18.4 Å². The van der Waals surface area contributed by atoms with E-state index in [0.29, 0.717) is 17.7 Å². The summed E-state index contributed by atoms with van der Waals surface area (Å²) in [5.41, 5.74) is 2.60. The lowest BCUT2D eigenvalue weighted by molar-refractivity contribution is -0.119. The van der Waals surface area contributed by atoms with Crippen LogP contribution in [0.2, 0.25) is 0 Å². The van der Waals surface area contributed by atoms with Gasteiger partial charge in [0.1, 0.15) is 5.75 Å². The van der Waals surface area contributed by atoms with Crippen molar-refractivity contribution in [2.24, 2.45) is 0 Å². The van der Waals surface area contributed by atoms with Crippen molar-refractivity contribution in [2.45, 2.75) is 13.0 Å². The molecule has 5 nitrogen and oxygen atoms in total. The van der Waals surface area contributed by atoms with Gasteiger partial charge in [0.15, 0.2) is 6.61 Å². The topological polar surface area (TPSA) is 64.6 Å². The van der Waals surface area contributed by atoms with E-state index in [0.717, 1.165) is 11.1 Å². The standard InChI is InChI=1S/C23H19F2NO4/c24-23(25)30-19-12-10-18(11-13-19)26-21(27)15-29-22(28)20-9-5-4-8-17(20)14-16-6-2-1-3-7-16/h1-13,23H,14-15H2,(H,26,27). The van der Waals surface area contributed by atoms with Gasteiger partial charge in [-0.1, -0.05) is 48.5 Å². The lowest BCUT2D eigenvalue weighted by Gasteiger charge is -2.10. The summed E-state index contributed by atoms with van der Waals surface area (Å²) in [6.07, 6.45) is 0.561. The largest absolute Gasteiger partial charge is 0.452 e. The number of amides is 1. The average Bonchev–Trinajstić information content (AvgIpc) is 2.74. The number of hydrogen-bond acceptors (Lipinski definition) is 4. The zero-order chi connectivity index (χ0) is 21.3. The third-order valence-corrected chi connectivity index (χ3v) is 4.17. The van der Waals surface area contributed by atoms with Gasteiger partial charge in [-0.2, -0.15) is 8.78 Å². The van der Waals surface area contributed by atoms with Gasteiger partial charge >= 0.3 is 12.6 Å². The van der Waals surface area contributed by atoms with Gasteiger partial charge in [-0.3, -0.25) is 4.79 Å². The molecule has 0 aliphatic carbocycles. The second kappa shape index (κ2) is 10.2. The minimum absolute atomic E-state index is 0.0237. The predicted octanol–water partition coefficient (Wildman–Crippen LogP) is 4.67. The van der Waals surface area contributed by atoms with E-state index in [2.05, 4.69) is 10.1 Å². The Morgan fingerprint density at radius 1 is 0.867 bits per heavy atom. The normalized spacial score (nSPS) is 10.5. The summed E-state index contributed by atoms with van der Waals surface area (Å²) in [5.74, 6) is -1.17. The zero-order valence-electron chi connectivity index (χ0n) is 15.9. The fourth-order valence-corrected chi connectivity index (χ4v) is 2.81. The summed E-state index contributed by atoms with van der Waals surface area (Å²) >= 11 is 0. The van der Waals surface area contributed by atoms with Crippen molar-refractivity contribution in [3.05, 3.63) is 95.6 Å². The van der Waals surface area contributed by atoms with E-state index >= 15 is 0 Å². The van der Waals surface area contributed by atoms with E-state index in [1.54, 1.807) is 12.1 Å². The molecule has 7 heteroatoms. The molecule has 3 aromatic rings. The third kappa shape index (κ3) is 6.13. The monoisotopic (exact) mass is 411 g/mol. The second-order valence-electron chi connectivity index (χ2n) is 6.35. The number of nitrogens with one attached hydrogen (secondary N) is 1. The highest BCUT2D eigenvalue weighted by atomic mass is 19.3. The van der Waals surface area contributed by atoms with Gasteiger partial charge in [0.2, 0.25) is 0 Å². The van der Waals surface area contributed by atoms with E-state index in [4.69, 9.17) is 4.74 Å². The van der Waals surface area contributed by atoms with Crippen LogP contribution in [-0.4, -0.2) is 25.1 Å². The lowest BCUT2D eigenvalue weighted by atomic mass is 10.00. The Morgan fingerprint density at radius 2 is 1.53 bits per heavy atom. The average molecular weight is 411 g/mol. The Bertz CT molecular complexity index is 992. The molecule has 0 saturated carbocycles. The van der Waals surface area contributed by atoms with Crippen molar-refractivity contribution < 1.29 is 27.8 Å². The summed E-state index contributed by atoms with van der Waals surface area (Å²) in [5, 5.41) is 2.52. The van der Waals surface area contributed by atoms with Crippen molar-refractivity contribution >= 4 is 17.6 Å². The molecule has 1 amide bonds. The van der Waals surface area contributed by atoms with Crippen LogP contribution in [0.1, 0.15) is 21.5 Å². The highest BCUT2D eigenvalue weighted by molar-refractivity contribution is 5.96. The van der Waals surface area contributed by atoms with Gasteiger partial charge in [-0.15, -0.1) is 0 Å². The number of esters is 1. The van der Waals surface area contributed by atoms with Crippen LogP contribution in [0.3, 0.4) is 0 Å². The highest BCUT2D eigenvalue weighted by Gasteiger charge is 2.15. The Hall–Kier alpha value is -3.74. The third-order valence-electron chi connectivity index (χ3n) is 4.17. The number of ether oxygens (including phenoxy) is 2. The maximum absolute atomic E-state index is 12.5. The first-order valence-corrected chi connectivity index (χ1v) is 9.15. The summed E-state index contributed by atoms with van der Waals surface area (Å²) in [4.78, 5) is 24.5. The Morgan fingerprint density at radius 3 is 2.23 bits per heavy atom. The summed E-state index contributed by atoms with van der Waals surface area (Å²) in [6, 6.07) is 22.2. The van der Waals surface area contributed by atoms with Crippen LogP contribution in [0.4, 0.5) is 14.5 Å². The quantitative estimate of drug-likeness (QED) is 0.547. The molecule has 3 aromatic carbocycles. The summed E-state index contributed by atoms with van der Waals surface area (Å²) in [7, 11) is 0.